The number of benzene rings is 1. The van der Waals surface area contributed by atoms with Crippen LogP contribution < -0.4 is 9.80 Å². The highest BCUT2D eigenvalue weighted by atomic mass is 16.6. The lowest BCUT2D eigenvalue weighted by molar-refractivity contribution is -0.120. The maximum absolute atomic E-state index is 13.0. The third-order valence-electron chi connectivity index (χ3n) is 5.97. The Morgan fingerprint density at radius 1 is 1.16 bits per heavy atom. The van der Waals surface area contributed by atoms with Crippen molar-refractivity contribution in [2.24, 2.45) is 5.92 Å². The smallest absolute Gasteiger partial charge is 0.230 e. The SMILES string of the molecule is CC(=O)N1c2ccc(-c3cnn(Cc4nonc4C)c3)cc2N(C(=O)C2CC2)C[C@@H]1C. The molecule has 5 rings (SSSR count). The Kier molecular flexibility index (Phi) is 4.60. The van der Waals surface area contributed by atoms with Crippen LogP contribution in [-0.4, -0.2) is 44.5 Å². The molecule has 0 bridgehead atoms. The van der Waals surface area contributed by atoms with Crippen LogP contribution in [0.5, 0.6) is 0 Å². The Bertz CT molecular complexity index is 1160. The van der Waals surface area contributed by atoms with E-state index in [-0.39, 0.29) is 23.8 Å². The van der Waals surface area contributed by atoms with Gasteiger partial charge >= 0.3 is 0 Å². The van der Waals surface area contributed by atoms with E-state index in [4.69, 9.17) is 4.63 Å². The van der Waals surface area contributed by atoms with E-state index in [1.54, 1.807) is 22.7 Å². The van der Waals surface area contributed by atoms with Gasteiger partial charge in [0.2, 0.25) is 11.8 Å². The highest BCUT2D eigenvalue weighted by Gasteiger charge is 2.39. The van der Waals surface area contributed by atoms with Crippen molar-refractivity contribution in [1.29, 1.82) is 0 Å². The van der Waals surface area contributed by atoms with Crippen LogP contribution in [0.2, 0.25) is 0 Å². The van der Waals surface area contributed by atoms with Crippen molar-refractivity contribution in [3.63, 3.8) is 0 Å². The molecule has 1 atom stereocenters. The molecule has 0 spiro atoms. The number of rotatable bonds is 4. The monoisotopic (exact) mass is 420 g/mol. The average molecular weight is 420 g/mol. The van der Waals surface area contributed by atoms with E-state index in [0.29, 0.717) is 13.1 Å². The second-order valence-electron chi connectivity index (χ2n) is 8.39. The molecule has 9 heteroatoms. The first-order chi connectivity index (χ1) is 14.9. The van der Waals surface area contributed by atoms with E-state index < -0.39 is 0 Å². The summed E-state index contributed by atoms with van der Waals surface area (Å²) in [4.78, 5) is 28.9. The Hall–Kier alpha value is -3.49. The molecule has 1 aliphatic carbocycles. The molecule has 1 saturated carbocycles. The van der Waals surface area contributed by atoms with E-state index in [1.807, 2.05) is 43.1 Å². The van der Waals surface area contributed by atoms with Gasteiger partial charge in [-0.15, -0.1) is 0 Å². The third-order valence-corrected chi connectivity index (χ3v) is 5.97. The van der Waals surface area contributed by atoms with Crippen LogP contribution in [0.4, 0.5) is 11.4 Å². The van der Waals surface area contributed by atoms with Crippen molar-refractivity contribution in [3.05, 3.63) is 42.0 Å². The van der Waals surface area contributed by atoms with Gasteiger partial charge in [-0.2, -0.15) is 5.10 Å². The van der Waals surface area contributed by atoms with Crippen molar-refractivity contribution >= 4 is 23.2 Å². The van der Waals surface area contributed by atoms with Crippen LogP contribution in [0, 0.1) is 12.8 Å². The lowest BCUT2D eigenvalue weighted by atomic mass is 10.0. The number of aryl methyl sites for hydroxylation is 1. The summed E-state index contributed by atoms with van der Waals surface area (Å²) in [5.74, 6) is 0.234. The molecule has 160 valence electrons. The molecule has 0 radical (unpaired) electrons. The van der Waals surface area contributed by atoms with Crippen LogP contribution in [0.3, 0.4) is 0 Å². The molecular formula is C22H24N6O3. The van der Waals surface area contributed by atoms with Gasteiger partial charge in [0.25, 0.3) is 0 Å². The molecule has 31 heavy (non-hydrogen) atoms. The molecule has 2 amide bonds. The number of hydrogen-bond acceptors (Lipinski definition) is 6. The maximum Gasteiger partial charge on any atom is 0.230 e. The number of aromatic nitrogens is 4. The minimum atomic E-state index is -0.0689. The summed E-state index contributed by atoms with van der Waals surface area (Å²) in [7, 11) is 0. The Morgan fingerprint density at radius 2 is 1.97 bits per heavy atom. The third kappa shape index (κ3) is 3.49. The van der Waals surface area contributed by atoms with Gasteiger partial charge in [-0.3, -0.25) is 14.3 Å². The summed E-state index contributed by atoms with van der Waals surface area (Å²) in [6.45, 7) is 6.35. The predicted molar refractivity (Wildman–Crippen MR) is 113 cm³/mol. The molecule has 2 aliphatic rings. The number of fused-ring (bicyclic) bond motifs is 1. The Balaban J connectivity index is 1.50. The lowest BCUT2D eigenvalue weighted by Crippen LogP contribution is -2.51. The zero-order valence-electron chi connectivity index (χ0n) is 17.8. The first-order valence-corrected chi connectivity index (χ1v) is 10.5. The maximum atomic E-state index is 13.0. The zero-order valence-corrected chi connectivity index (χ0v) is 17.8. The average Bonchev–Trinajstić information content (AvgIpc) is 3.37. The Labute approximate surface area is 179 Å². The number of amides is 2. The molecular weight excluding hydrogens is 396 g/mol. The molecule has 3 heterocycles. The van der Waals surface area contributed by atoms with Crippen LogP contribution in [-0.2, 0) is 16.1 Å². The number of anilines is 2. The Morgan fingerprint density at radius 3 is 2.65 bits per heavy atom. The van der Waals surface area contributed by atoms with Crippen LogP contribution in [0.1, 0.15) is 38.1 Å². The molecule has 0 N–H and O–H groups in total. The molecule has 3 aromatic rings. The van der Waals surface area contributed by atoms with Gasteiger partial charge in [0.1, 0.15) is 11.4 Å². The summed E-state index contributed by atoms with van der Waals surface area (Å²) in [5.41, 5.74) is 4.88. The number of carbonyl (C=O) groups excluding carboxylic acids is 2. The van der Waals surface area contributed by atoms with Gasteiger partial charge in [0, 0.05) is 31.1 Å². The summed E-state index contributed by atoms with van der Waals surface area (Å²) in [6.07, 6.45) is 5.60. The molecule has 1 aliphatic heterocycles. The normalized spacial score (nSPS) is 18.2. The molecule has 0 saturated heterocycles. The minimum Gasteiger partial charge on any atom is -0.308 e. The van der Waals surface area contributed by atoms with E-state index in [2.05, 4.69) is 15.4 Å². The number of hydrogen-bond donors (Lipinski definition) is 0. The van der Waals surface area contributed by atoms with Gasteiger partial charge in [-0.25, -0.2) is 4.63 Å². The molecule has 9 nitrogen and oxygen atoms in total. The summed E-state index contributed by atoms with van der Waals surface area (Å²) in [5, 5.41) is 12.1. The van der Waals surface area contributed by atoms with Crippen molar-refractivity contribution in [2.45, 2.75) is 46.2 Å². The quantitative estimate of drug-likeness (QED) is 0.644. The van der Waals surface area contributed by atoms with Crippen LogP contribution >= 0.6 is 0 Å². The molecule has 1 fully saturated rings. The first-order valence-electron chi connectivity index (χ1n) is 10.5. The molecule has 2 aromatic heterocycles. The standard InChI is InChI=1S/C22H24N6O3/c1-13-10-27(22(30)16-4-5-16)21-8-17(6-7-20(21)28(13)15(3)29)18-9-23-26(11-18)12-19-14(2)24-31-25-19/h6-9,11,13,16H,4-5,10,12H2,1-3H3/t13-/m0/s1. The minimum absolute atomic E-state index is 0.0237. The predicted octanol–water partition coefficient (Wildman–Crippen LogP) is 2.79. The fourth-order valence-electron chi connectivity index (χ4n) is 4.19. The van der Waals surface area contributed by atoms with Crippen molar-refractivity contribution in [2.75, 3.05) is 16.3 Å². The van der Waals surface area contributed by atoms with Crippen molar-refractivity contribution in [1.82, 2.24) is 20.1 Å². The van der Waals surface area contributed by atoms with E-state index in [1.165, 1.54) is 0 Å². The van der Waals surface area contributed by atoms with Crippen molar-refractivity contribution < 1.29 is 14.2 Å². The summed E-state index contributed by atoms with van der Waals surface area (Å²) < 4.78 is 6.53. The number of carbonyl (C=O) groups is 2. The summed E-state index contributed by atoms with van der Waals surface area (Å²) in [6, 6.07) is 5.82. The van der Waals surface area contributed by atoms with Crippen molar-refractivity contribution in [3.8, 4) is 11.1 Å². The fourth-order valence-corrected chi connectivity index (χ4v) is 4.19. The van der Waals surface area contributed by atoms with E-state index in [0.717, 1.165) is 46.7 Å². The van der Waals surface area contributed by atoms with Crippen LogP contribution in [0.15, 0.2) is 35.2 Å². The van der Waals surface area contributed by atoms with Gasteiger partial charge in [-0.1, -0.05) is 16.4 Å². The highest BCUT2D eigenvalue weighted by Crippen LogP contribution is 2.42. The largest absolute Gasteiger partial charge is 0.308 e. The van der Waals surface area contributed by atoms with E-state index in [9.17, 15) is 9.59 Å². The van der Waals surface area contributed by atoms with Gasteiger partial charge in [-0.05, 0) is 44.4 Å². The highest BCUT2D eigenvalue weighted by molar-refractivity contribution is 6.06. The fraction of sp³-hybridized carbons (Fsp3) is 0.409. The zero-order chi connectivity index (χ0) is 21.7. The lowest BCUT2D eigenvalue weighted by Gasteiger charge is -2.41. The first kappa shape index (κ1) is 19.5. The topological polar surface area (TPSA) is 97.4 Å². The molecule has 1 aromatic carbocycles. The second kappa shape index (κ2) is 7.33. The van der Waals surface area contributed by atoms with Gasteiger partial charge in [0.05, 0.1) is 30.2 Å². The second-order valence-corrected chi connectivity index (χ2v) is 8.39. The van der Waals surface area contributed by atoms with E-state index >= 15 is 0 Å². The molecule has 0 unspecified atom stereocenters. The number of nitrogens with zero attached hydrogens (tertiary/aromatic N) is 6. The van der Waals surface area contributed by atoms with Gasteiger partial charge < -0.3 is 9.80 Å². The van der Waals surface area contributed by atoms with Gasteiger partial charge in [0.15, 0.2) is 0 Å². The van der Waals surface area contributed by atoms with Crippen LogP contribution in [0.25, 0.3) is 11.1 Å². The summed E-state index contributed by atoms with van der Waals surface area (Å²) >= 11 is 0.